The highest BCUT2D eigenvalue weighted by Crippen LogP contribution is 2.33. The number of rotatable bonds is 7. The van der Waals surface area contributed by atoms with Crippen LogP contribution in [0.3, 0.4) is 0 Å². The van der Waals surface area contributed by atoms with E-state index in [9.17, 15) is 14.0 Å². The van der Waals surface area contributed by atoms with E-state index in [1.807, 2.05) is 0 Å². The topological polar surface area (TPSA) is 71.8 Å². The molecule has 0 saturated heterocycles. The lowest BCUT2D eigenvalue weighted by atomic mass is 10.0. The second kappa shape index (κ2) is 9.68. The molecule has 1 fully saturated rings. The SMILES string of the molecule is COc1cccc(N(C(=O)c2ccco2)C(C(=O)NC2CCCC2)c2ccccc2F)c1. The van der Waals surface area contributed by atoms with E-state index < -0.39 is 23.7 Å². The van der Waals surface area contributed by atoms with Gasteiger partial charge in [0.2, 0.25) is 5.91 Å². The van der Waals surface area contributed by atoms with E-state index >= 15 is 0 Å². The Bertz CT molecular complexity index is 1080. The third-order valence-electron chi connectivity index (χ3n) is 5.69. The monoisotopic (exact) mass is 436 g/mol. The van der Waals surface area contributed by atoms with Crippen molar-refractivity contribution in [2.75, 3.05) is 12.0 Å². The molecule has 1 unspecified atom stereocenters. The van der Waals surface area contributed by atoms with Crippen LogP contribution in [0.15, 0.2) is 71.3 Å². The number of ether oxygens (including phenoxy) is 1. The number of benzene rings is 2. The first-order valence-electron chi connectivity index (χ1n) is 10.6. The third kappa shape index (κ3) is 4.51. The summed E-state index contributed by atoms with van der Waals surface area (Å²) in [6, 6.07) is 14.6. The molecule has 1 N–H and O–H groups in total. The highest BCUT2D eigenvalue weighted by molar-refractivity contribution is 6.08. The molecule has 1 heterocycles. The van der Waals surface area contributed by atoms with Crippen molar-refractivity contribution in [1.82, 2.24) is 5.32 Å². The fourth-order valence-electron chi connectivity index (χ4n) is 4.11. The van der Waals surface area contributed by atoms with Crippen molar-refractivity contribution in [1.29, 1.82) is 0 Å². The lowest BCUT2D eigenvalue weighted by molar-refractivity contribution is -0.123. The van der Waals surface area contributed by atoms with Crippen molar-refractivity contribution >= 4 is 17.5 Å². The number of halogens is 1. The van der Waals surface area contributed by atoms with Crippen molar-refractivity contribution in [3.63, 3.8) is 0 Å². The predicted octanol–water partition coefficient (Wildman–Crippen LogP) is 4.87. The molecule has 4 rings (SSSR count). The molecule has 0 radical (unpaired) electrons. The molecule has 1 saturated carbocycles. The smallest absolute Gasteiger partial charge is 0.294 e. The van der Waals surface area contributed by atoms with Crippen LogP contribution in [0.2, 0.25) is 0 Å². The second-order valence-electron chi connectivity index (χ2n) is 7.77. The van der Waals surface area contributed by atoms with Crippen LogP contribution < -0.4 is 15.0 Å². The number of amides is 2. The number of hydrogen-bond acceptors (Lipinski definition) is 4. The first kappa shape index (κ1) is 21.6. The number of anilines is 1. The molecule has 3 aromatic rings. The number of furan rings is 1. The Morgan fingerprint density at radius 1 is 1.09 bits per heavy atom. The molecule has 1 aromatic heterocycles. The zero-order chi connectivity index (χ0) is 22.5. The molecule has 0 spiro atoms. The first-order valence-corrected chi connectivity index (χ1v) is 10.6. The highest BCUT2D eigenvalue weighted by atomic mass is 19.1. The maximum absolute atomic E-state index is 15.0. The normalized spacial score (nSPS) is 14.7. The summed E-state index contributed by atoms with van der Waals surface area (Å²) in [5.41, 5.74) is 0.492. The van der Waals surface area contributed by atoms with E-state index in [1.165, 1.54) is 36.5 Å². The van der Waals surface area contributed by atoms with E-state index in [-0.39, 0.29) is 17.4 Å². The van der Waals surface area contributed by atoms with Gasteiger partial charge in [0.1, 0.15) is 17.6 Å². The Labute approximate surface area is 186 Å². The Morgan fingerprint density at radius 2 is 1.88 bits per heavy atom. The molecular weight excluding hydrogens is 411 g/mol. The van der Waals surface area contributed by atoms with Crippen molar-refractivity contribution < 1.29 is 23.1 Å². The molecule has 2 amide bonds. The molecule has 0 bridgehead atoms. The van der Waals surface area contributed by atoms with E-state index in [4.69, 9.17) is 9.15 Å². The fourth-order valence-corrected chi connectivity index (χ4v) is 4.11. The van der Waals surface area contributed by atoms with Gasteiger partial charge in [-0.3, -0.25) is 14.5 Å². The summed E-state index contributed by atoms with van der Waals surface area (Å²) in [4.78, 5) is 28.4. The second-order valence-corrected chi connectivity index (χ2v) is 7.77. The molecule has 2 aromatic carbocycles. The molecule has 166 valence electrons. The zero-order valence-corrected chi connectivity index (χ0v) is 17.8. The molecule has 1 aliphatic carbocycles. The molecule has 32 heavy (non-hydrogen) atoms. The summed E-state index contributed by atoms with van der Waals surface area (Å²) in [6.45, 7) is 0. The van der Waals surface area contributed by atoms with Gasteiger partial charge in [-0.05, 0) is 43.2 Å². The fraction of sp³-hybridized carbons (Fsp3) is 0.280. The summed E-state index contributed by atoms with van der Waals surface area (Å²) in [5, 5.41) is 3.02. The average Bonchev–Trinajstić information content (AvgIpc) is 3.52. The maximum atomic E-state index is 15.0. The van der Waals surface area contributed by atoms with Gasteiger partial charge in [-0.1, -0.05) is 37.1 Å². The van der Waals surface area contributed by atoms with Crippen LogP contribution in [-0.2, 0) is 4.79 Å². The molecule has 0 aliphatic heterocycles. The number of hydrogen-bond donors (Lipinski definition) is 1. The van der Waals surface area contributed by atoms with Crippen molar-refractivity contribution in [2.24, 2.45) is 0 Å². The number of methoxy groups -OCH3 is 1. The van der Waals surface area contributed by atoms with Gasteiger partial charge in [0.05, 0.1) is 13.4 Å². The van der Waals surface area contributed by atoms with E-state index in [0.717, 1.165) is 25.7 Å². The maximum Gasteiger partial charge on any atom is 0.294 e. The van der Waals surface area contributed by atoms with Gasteiger partial charge in [-0.25, -0.2) is 4.39 Å². The van der Waals surface area contributed by atoms with Crippen LogP contribution >= 0.6 is 0 Å². The quantitative estimate of drug-likeness (QED) is 0.573. The van der Waals surface area contributed by atoms with Crippen LogP contribution in [0.1, 0.15) is 47.8 Å². The highest BCUT2D eigenvalue weighted by Gasteiger charge is 2.37. The summed E-state index contributed by atoms with van der Waals surface area (Å²) in [7, 11) is 1.51. The minimum atomic E-state index is -1.23. The van der Waals surface area contributed by atoms with E-state index in [2.05, 4.69) is 5.32 Å². The summed E-state index contributed by atoms with van der Waals surface area (Å²) >= 11 is 0. The number of nitrogens with one attached hydrogen (secondary N) is 1. The number of nitrogens with zero attached hydrogens (tertiary/aromatic N) is 1. The Balaban J connectivity index is 1.84. The van der Waals surface area contributed by atoms with Gasteiger partial charge in [-0.2, -0.15) is 0 Å². The van der Waals surface area contributed by atoms with Gasteiger partial charge in [0.15, 0.2) is 5.76 Å². The Morgan fingerprint density at radius 3 is 2.56 bits per heavy atom. The summed E-state index contributed by atoms with van der Waals surface area (Å²) in [5.74, 6) is -1.02. The largest absolute Gasteiger partial charge is 0.497 e. The summed E-state index contributed by atoms with van der Waals surface area (Å²) in [6.07, 6.45) is 5.16. The minimum Gasteiger partial charge on any atom is -0.497 e. The van der Waals surface area contributed by atoms with Crippen LogP contribution in [0, 0.1) is 5.82 Å². The van der Waals surface area contributed by atoms with Crippen molar-refractivity contribution in [3.05, 3.63) is 84.1 Å². The van der Waals surface area contributed by atoms with Gasteiger partial charge in [0.25, 0.3) is 5.91 Å². The van der Waals surface area contributed by atoms with Crippen LogP contribution in [0.5, 0.6) is 5.75 Å². The lowest BCUT2D eigenvalue weighted by Crippen LogP contribution is -2.46. The first-order chi connectivity index (χ1) is 15.6. The molecule has 1 atom stereocenters. The van der Waals surface area contributed by atoms with Gasteiger partial charge in [-0.15, -0.1) is 0 Å². The van der Waals surface area contributed by atoms with E-state index in [0.29, 0.717) is 11.4 Å². The number of carbonyl (C=O) groups excluding carboxylic acids is 2. The molecule has 1 aliphatic rings. The van der Waals surface area contributed by atoms with Gasteiger partial charge in [0, 0.05) is 23.4 Å². The Hall–Kier alpha value is -3.61. The summed E-state index contributed by atoms with van der Waals surface area (Å²) < 4.78 is 25.6. The van der Waals surface area contributed by atoms with Crippen molar-refractivity contribution in [2.45, 2.75) is 37.8 Å². The molecule has 6 nitrogen and oxygen atoms in total. The van der Waals surface area contributed by atoms with Crippen molar-refractivity contribution in [3.8, 4) is 5.75 Å². The Kier molecular flexibility index (Phi) is 6.54. The van der Waals surface area contributed by atoms with Crippen LogP contribution in [-0.4, -0.2) is 25.0 Å². The standard InChI is InChI=1S/C25H25FN2O4/c1-31-19-11-6-10-18(16-19)28(25(30)22-14-7-15-32-22)23(20-12-4-5-13-21(20)26)24(29)27-17-8-2-3-9-17/h4-7,10-17,23H,2-3,8-9H2,1H3,(H,27,29). The van der Waals surface area contributed by atoms with E-state index in [1.54, 1.807) is 42.5 Å². The van der Waals surface area contributed by atoms with Crippen LogP contribution in [0.4, 0.5) is 10.1 Å². The third-order valence-corrected chi connectivity index (χ3v) is 5.69. The van der Waals surface area contributed by atoms with Crippen LogP contribution in [0.25, 0.3) is 0 Å². The zero-order valence-electron chi connectivity index (χ0n) is 17.8. The molecular formula is C25H25FN2O4. The molecule has 7 heteroatoms. The predicted molar refractivity (Wildman–Crippen MR) is 118 cm³/mol. The van der Waals surface area contributed by atoms with Gasteiger partial charge < -0.3 is 14.5 Å². The number of carbonyl (C=O) groups is 2. The average molecular weight is 436 g/mol. The van der Waals surface area contributed by atoms with Gasteiger partial charge >= 0.3 is 0 Å². The minimum absolute atomic E-state index is 0.00245. The lowest BCUT2D eigenvalue weighted by Gasteiger charge is -2.32.